The number of halogens is 3. The van der Waals surface area contributed by atoms with Crippen molar-refractivity contribution < 1.29 is 13.2 Å². The van der Waals surface area contributed by atoms with Crippen molar-refractivity contribution in [3.05, 3.63) is 27.6 Å². The second-order valence-electron chi connectivity index (χ2n) is 4.51. The van der Waals surface area contributed by atoms with Crippen LogP contribution in [0, 0.1) is 11.7 Å². The van der Waals surface area contributed by atoms with E-state index in [1.807, 2.05) is 0 Å². The zero-order valence-corrected chi connectivity index (χ0v) is 13.0. The monoisotopic (exact) mass is 346 g/mol. The number of hydrogen-bond donors (Lipinski definition) is 1. The second-order valence-corrected chi connectivity index (χ2v) is 5.73. The van der Waals surface area contributed by atoms with E-state index in [0.29, 0.717) is 16.3 Å². The van der Waals surface area contributed by atoms with Crippen molar-refractivity contribution in [1.82, 2.24) is 29.5 Å². The first kappa shape index (κ1) is 14.9. The molecule has 0 saturated heterocycles. The molecule has 0 bridgehead atoms. The van der Waals surface area contributed by atoms with Crippen LogP contribution >= 0.6 is 23.6 Å². The fraction of sp³-hybridized carbons (Fsp3) is 0.273. The first-order valence-corrected chi connectivity index (χ1v) is 7.27. The third-order valence-electron chi connectivity index (χ3n) is 2.90. The van der Waals surface area contributed by atoms with Crippen molar-refractivity contribution in [2.45, 2.75) is 13.1 Å². The maximum Gasteiger partial charge on any atom is 0.433 e. The molecule has 22 heavy (non-hydrogen) atoms. The van der Waals surface area contributed by atoms with Gasteiger partial charge in [0, 0.05) is 12.4 Å². The Labute approximate surface area is 131 Å². The molecular formula is C11H9F3N6S2. The highest BCUT2D eigenvalue weighted by molar-refractivity contribution is 7.71. The Morgan fingerprint density at radius 3 is 2.68 bits per heavy atom. The van der Waals surface area contributed by atoms with Gasteiger partial charge in [0.25, 0.3) is 0 Å². The van der Waals surface area contributed by atoms with Gasteiger partial charge in [-0.2, -0.15) is 23.4 Å². The smallest absolute Gasteiger partial charge is 0.302 e. The van der Waals surface area contributed by atoms with Crippen LogP contribution < -0.4 is 0 Å². The molecule has 0 spiro atoms. The minimum absolute atomic E-state index is 0.115. The van der Waals surface area contributed by atoms with Gasteiger partial charge >= 0.3 is 6.18 Å². The van der Waals surface area contributed by atoms with Gasteiger partial charge in [0.15, 0.2) is 16.3 Å². The summed E-state index contributed by atoms with van der Waals surface area (Å²) in [4.78, 5) is 4.18. The summed E-state index contributed by atoms with van der Waals surface area (Å²) in [6, 6.07) is 0.983. The molecule has 11 heteroatoms. The highest BCUT2D eigenvalue weighted by Gasteiger charge is 2.36. The number of aromatic nitrogens is 6. The largest absolute Gasteiger partial charge is 0.433 e. The van der Waals surface area contributed by atoms with Gasteiger partial charge in [0.1, 0.15) is 5.69 Å². The van der Waals surface area contributed by atoms with Gasteiger partial charge in [0.2, 0.25) is 5.13 Å². The van der Waals surface area contributed by atoms with Crippen LogP contribution in [0.1, 0.15) is 11.4 Å². The predicted molar refractivity (Wildman–Crippen MR) is 76.4 cm³/mol. The summed E-state index contributed by atoms with van der Waals surface area (Å²) in [5, 5.41) is 12.2. The minimum atomic E-state index is -4.50. The molecule has 0 saturated carbocycles. The van der Waals surface area contributed by atoms with Crippen LogP contribution in [0.5, 0.6) is 0 Å². The molecule has 0 radical (unpaired) electrons. The van der Waals surface area contributed by atoms with Crippen LogP contribution in [-0.4, -0.2) is 29.5 Å². The number of thiazole rings is 1. The Bertz CT molecular complexity index is 884. The molecule has 0 amide bonds. The van der Waals surface area contributed by atoms with Gasteiger partial charge < -0.3 is 4.57 Å². The third-order valence-corrected chi connectivity index (χ3v) is 4.09. The van der Waals surface area contributed by atoms with Crippen LogP contribution in [0.3, 0.4) is 0 Å². The van der Waals surface area contributed by atoms with Gasteiger partial charge in [-0.1, -0.05) is 0 Å². The molecule has 0 aliphatic carbocycles. The summed E-state index contributed by atoms with van der Waals surface area (Å²) in [5.41, 5.74) is -0.167. The van der Waals surface area contributed by atoms with E-state index < -0.39 is 11.9 Å². The Hall–Kier alpha value is -2.01. The summed E-state index contributed by atoms with van der Waals surface area (Å²) in [6.45, 7) is 1.50. The first-order valence-electron chi connectivity index (χ1n) is 5.99. The molecule has 0 unspecified atom stereocenters. The maximum atomic E-state index is 13.0. The van der Waals surface area contributed by atoms with E-state index in [1.165, 1.54) is 6.92 Å². The van der Waals surface area contributed by atoms with Crippen molar-refractivity contribution >= 4 is 23.6 Å². The molecule has 0 aromatic carbocycles. The summed E-state index contributed by atoms with van der Waals surface area (Å²) in [5.74, 6) is 0.449. The Balaban J connectivity index is 2.09. The van der Waals surface area contributed by atoms with Gasteiger partial charge in [0.05, 0.1) is 5.69 Å². The first-order chi connectivity index (χ1) is 10.3. The zero-order chi connectivity index (χ0) is 16.1. The van der Waals surface area contributed by atoms with Crippen LogP contribution in [-0.2, 0) is 13.2 Å². The SMILES string of the molecule is Cc1cc(C(F)(F)F)n(-c2nc(-c3n[nH]c(=S)n3C)cs2)n1. The van der Waals surface area contributed by atoms with Crippen LogP contribution in [0.2, 0.25) is 0 Å². The molecule has 3 aromatic rings. The number of nitrogens with zero attached hydrogens (tertiary/aromatic N) is 5. The summed E-state index contributed by atoms with van der Waals surface area (Å²) in [6.07, 6.45) is -4.50. The van der Waals surface area contributed by atoms with Crippen molar-refractivity contribution in [2.24, 2.45) is 7.05 Å². The highest BCUT2D eigenvalue weighted by Crippen LogP contribution is 2.33. The van der Waals surface area contributed by atoms with E-state index in [-0.39, 0.29) is 10.8 Å². The number of hydrogen-bond acceptors (Lipinski definition) is 5. The zero-order valence-electron chi connectivity index (χ0n) is 11.3. The number of aromatic amines is 1. The lowest BCUT2D eigenvalue weighted by molar-refractivity contribution is -0.142. The number of nitrogens with one attached hydrogen (secondary N) is 1. The number of alkyl halides is 3. The lowest BCUT2D eigenvalue weighted by atomic mass is 10.3. The third kappa shape index (κ3) is 2.46. The number of aryl methyl sites for hydroxylation is 1. The molecule has 0 aliphatic heterocycles. The molecular weight excluding hydrogens is 337 g/mol. The Morgan fingerprint density at radius 2 is 2.09 bits per heavy atom. The lowest BCUT2D eigenvalue weighted by Gasteiger charge is -2.07. The van der Waals surface area contributed by atoms with Crippen molar-refractivity contribution in [3.63, 3.8) is 0 Å². The molecule has 3 rings (SSSR count). The van der Waals surface area contributed by atoms with E-state index in [4.69, 9.17) is 12.2 Å². The Morgan fingerprint density at radius 1 is 1.36 bits per heavy atom. The quantitative estimate of drug-likeness (QED) is 0.724. The van der Waals surface area contributed by atoms with E-state index in [1.54, 1.807) is 17.0 Å². The van der Waals surface area contributed by atoms with Crippen molar-refractivity contribution in [3.8, 4) is 16.6 Å². The normalized spacial score (nSPS) is 12.0. The molecule has 116 valence electrons. The van der Waals surface area contributed by atoms with Crippen LogP contribution in [0.15, 0.2) is 11.4 Å². The van der Waals surface area contributed by atoms with Crippen LogP contribution in [0.4, 0.5) is 13.2 Å². The summed E-state index contributed by atoms with van der Waals surface area (Å²) < 4.78 is 41.9. The average Bonchev–Trinajstić information content (AvgIpc) is 3.10. The summed E-state index contributed by atoms with van der Waals surface area (Å²) >= 11 is 6.05. The predicted octanol–water partition coefficient (Wildman–Crippen LogP) is 3.11. The fourth-order valence-corrected chi connectivity index (χ4v) is 2.78. The molecule has 0 aliphatic rings. The van der Waals surface area contributed by atoms with Gasteiger partial charge in [-0.3, -0.25) is 5.10 Å². The fourth-order valence-electron chi connectivity index (χ4n) is 1.89. The topological polar surface area (TPSA) is 64.3 Å². The van der Waals surface area contributed by atoms with E-state index in [2.05, 4.69) is 20.3 Å². The van der Waals surface area contributed by atoms with Gasteiger partial charge in [-0.15, -0.1) is 11.3 Å². The highest BCUT2D eigenvalue weighted by atomic mass is 32.1. The number of H-pyrrole nitrogens is 1. The van der Waals surface area contributed by atoms with Gasteiger partial charge in [-0.25, -0.2) is 9.67 Å². The molecule has 3 heterocycles. The Kier molecular flexibility index (Phi) is 3.40. The lowest BCUT2D eigenvalue weighted by Crippen LogP contribution is -2.13. The van der Waals surface area contributed by atoms with Crippen molar-refractivity contribution in [1.29, 1.82) is 0 Å². The summed E-state index contributed by atoms with van der Waals surface area (Å²) in [7, 11) is 1.69. The van der Waals surface area contributed by atoms with Crippen LogP contribution in [0.25, 0.3) is 16.6 Å². The molecule has 0 atom stereocenters. The molecule has 3 aromatic heterocycles. The van der Waals surface area contributed by atoms with E-state index >= 15 is 0 Å². The molecule has 0 fully saturated rings. The minimum Gasteiger partial charge on any atom is -0.302 e. The number of rotatable bonds is 2. The van der Waals surface area contributed by atoms with Crippen molar-refractivity contribution in [2.75, 3.05) is 0 Å². The maximum absolute atomic E-state index is 13.0. The average molecular weight is 346 g/mol. The van der Waals surface area contributed by atoms with Gasteiger partial charge in [-0.05, 0) is 25.2 Å². The van der Waals surface area contributed by atoms with E-state index in [0.717, 1.165) is 22.1 Å². The van der Waals surface area contributed by atoms with E-state index in [9.17, 15) is 13.2 Å². The molecule has 6 nitrogen and oxygen atoms in total. The standard InChI is InChI=1S/C11H9F3N6S2/c1-5-3-7(11(12,13)14)20(18-5)10-15-6(4-22-10)8-16-17-9(21)19(8)2/h3-4H,1-2H3,(H,17,21). The molecule has 1 N–H and O–H groups in total. The second kappa shape index (κ2) is 5.02.